The van der Waals surface area contributed by atoms with Crippen molar-refractivity contribution in [3.8, 4) is 0 Å². The van der Waals surface area contributed by atoms with E-state index in [0.717, 1.165) is 22.0 Å². The van der Waals surface area contributed by atoms with Crippen molar-refractivity contribution in [1.29, 1.82) is 0 Å². The van der Waals surface area contributed by atoms with E-state index >= 15 is 0 Å². The molecule has 1 unspecified atom stereocenters. The summed E-state index contributed by atoms with van der Waals surface area (Å²) in [5, 5.41) is 16.8. The number of hydrogen-bond acceptors (Lipinski definition) is 3. The van der Waals surface area contributed by atoms with Crippen LogP contribution in [0.1, 0.15) is 17.2 Å². The molecule has 26 heavy (non-hydrogen) atoms. The monoisotopic (exact) mass is 369 g/mol. The summed E-state index contributed by atoms with van der Waals surface area (Å²) < 4.78 is 0. The van der Waals surface area contributed by atoms with Gasteiger partial charge in [-0.2, -0.15) is 5.10 Å². The van der Waals surface area contributed by atoms with Crippen LogP contribution in [-0.2, 0) is 4.79 Å². The van der Waals surface area contributed by atoms with Crippen LogP contribution < -0.4 is 16.0 Å². The molecule has 7 nitrogen and oxygen atoms in total. The number of rotatable bonds is 4. The Morgan fingerprint density at radius 2 is 1.96 bits per heavy atom. The van der Waals surface area contributed by atoms with E-state index < -0.39 is 6.04 Å². The summed E-state index contributed by atoms with van der Waals surface area (Å²) in [5.74, 6) is -0.256. The number of nitrogens with one attached hydrogen (secondary N) is 4. The number of hydrogen-bond donors (Lipinski definition) is 4. The van der Waals surface area contributed by atoms with Gasteiger partial charge in [-0.1, -0.05) is 35.9 Å². The number of nitrogens with zero attached hydrogens (tertiary/aromatic N) is 1. The van der Waals surface area contributed by atoms with Crippen LogP contribution in [0.5, 0.6) is 0 Å². The molecule has 3 aromatic rings. The van der Waals surface area contributed by atoms with Crippen molar-refractivity contribution in [3.63, 3.8) is 0 Å². The summed E-state index contributed by atoms with van der Waals surface area (Å²) in [6.45, 7) is 0.261. The smallest absolute Gasteiger partial charge is 0.315 e. The van der Waals surface area contributed by atoms with Gasteiger partial charge in [0.15, 0.2) is 0 Å². The SMILES string of the molecule is O=C1NC[C@@H](C(=O)NC(c2ccc(Cl)cc2)c2ccc3cn[nH]c3c2)N1. The zero-order valence-corrected chi connectivity index (χ0v) is 14.4. The van der Waals surface area contributed by atoms with Crippen LogP contribution in [-0.4, -0.2) is 34.7 Å². The first-order valence-corrected chi connectivity index (χ1v) is 8.51. The Labute approximate surface area is 154 Å². The second-order valence-electron chi connectivity index (χ2n) is 6.12. The minimum Gasteiger partial charge on any atom is -0.343 e. The molecule has 1 saturated heterocycles. The van der Waals surface area contributed by atoms with Gasteiger partial charge in [0.2, 0.25) is 5.91 Å². The maximum absolute atomic E-state index is 12.6. The molecule has 0 radical (unpaired) electrons. The number of carbonyl (C=O) groups is 2. The van der Waals surface area contributed by atoms with Gasteiger partial charge in [0.25, 0.3) is 0 Å². The van der Waals surface area contributed by atoms with Crippen molar-refractivity contribution < 1.29 is 9.59 Å². The molecule has 2 aromatic carbocycles. The van der Waals surface area contributed by atoms with E-state index in [2.05, 4.69) is 26.1 Å². The molecule has 8 heteroatoms. The maximum Gasteiger partial charge on any atom is 0.315 e. The van der Waals surface area contributed by atoms with Crippen molar-refractivity contribution in [2.75, 3.05) is 6.54 Å². The molecule has 1 aliphatic heterocycles. The highest BCUT2D eigenvalue weighted by atomic mass is 35.5. The number of benzene rings is 2. The molecule has 3 amide bonds. The standard InChI is InChI=1S/C18H16ClN5O2/c19-13-5-3-10(4-6-13)16(23-17(25)15-9-20-18(26)22-15)11-1-2-12-8-21-24-14(12)7-11/h1-8,15-16H,9H2,(H,21,24)(H,23,25)(H2,20,22,26)/t15-,16?/m0/s1. The van der Waals surface area contributed by atoms with Crippen LogP contribution in [0, 0.1) is 0 Å². The Morgan fingerprint density at radius 1 is 1.19 bits per heavy atom. The summed E-state index contributed by atoms with van der Waals surface area (Å²) in [4.78, 5) is 23.9. The Hall–Kier alpha value is -3.06. The first-order valence-electron chi connectivity index (χ1n) is 8.13. The minimum absolute atomic E-state index is 0.256. The number of urea groups is 1. The fourth-order valence-electron chi connectivity index (χ4n) is 3.00. The number of fused-ring (bicyclic) bond motifs is 1. The third-order valence-corrected chi connectivity index (χ3v) is 4.63. The van der Waals surface area contributed by atoms with Gasteiger partial charge < -0.3 is 16.0 Å². The molecule has 4 N–H and O–H groups in total. The van der Waals surface area contributed by atoms with Crippen molar-refractivity contribution in [2.24, 2.45) is 0 Å². The number of H-pyrrole nitrogens is 1. The van der Waals surface area contributed by atoms with Crippen LogP contribution in [0.25, 0.3) is 10.9 Å². The van der Waals surface area contributed by atoms with Crippen molar-refractivity contribution in [3.05, 3.63) is 64.8 Å². The van der Waals surface area contributed by atoms with Crippen molar-refractivity contribution in [2.45, 2.75) is 12.1 Å². The Balaban J connectivity index is 1.67. The summed E-state index contributed by atoms with van der Waals surface area (Å²) in [6.07, 6.45) is 1.74. The van der Waals surface area contributed by atoms with E-state index in [9.17, 15) is 9.59 Å². The van der Waals surface area contributed by atoms with Crippen molar-refractivity contribution in [1.82, 2.24) is 26.1 Å². The number of carbonyl (C=O) groups excluding carboxylic acids is 2. The van der Waals surface area contributed by atoms with E-state index in [-0.39, 0.29) is 24.5 Å². The first kappa shape index (κ1) is 16.4. The highest BCUT2D eigenvalue weighted by Gasteiger charge is 2.29. The number of aromatic amines is 1. The molecule has 4 rings (SSSR count). The van der Waals surface area contributed by atoms with Gasteiger partial charge in [-0.25, -0.2) is 4.79 Å². The molecule has 0 bridgehead atoms. The summed E-state index contributed by atoms with van der Waals surface area (Å²) in [6, 6.07) is 11.8. The zero-order chi connectivity index (χ0) is 18.1. The molecule has 1 aromatic heterocycles. The van der Waals surface area contributed by atoms with Gasteiger partial charge in [-0.15, -0.1) is 0 Å². The van der Waals surface area contributed by atoms with Crippen LogP contribution in [0.15, 0.2) is 48.7 Å². The molecule has 0 saturated carbocycles. The van der Waals surface area contributed by atoms with Crippen LogP contribution in [0.2, 0.25) is 5.02 Å². The van der Waals surface area contributed by atoms with Crippen LogP contribution in [0.4, 0.5) is 4.79 Å². The Morgan fingerprint density at radius 3 is 2.69 bits per heavy atom. The lowest BCUT2D eigenvalue weighted by molar-refractivity contribution is -0.122. The number of aromatic nitrogens is 2. The van der Waals surface area contributed by atoms with E-state index in [1.165, 1.54) is 0 Å². The van der Waals surface area contributed by atoms with Crippen LogP contribution >= 0.6 is 11.6 Å². The van der Waals surface area contributed by atoms with E-state index in [4.69, 9.17) is 11.6 Å². The van der Waals surface area contributed by atoms with E-state index in [1.807, 2.05) is 30.3 Å². The largest absolute Gasteiger partial charge is 0.343 e. The lowest BCUT2D eigenvalue weighted by Crippen LogP contribution is -2.44. The number of halogens is 1. The van der Waals surface area contributed by atoms with E-state index in [1.54, 1.807) is 18.3 Å². The Kier molecular flexibility index (Phi) is 4.22. The quantitative estimate of drug-likeness (QED) is 0.566. The van der Waals surface area contributed by atoms with E-state index in [0.29, 0.717) is 5.02 Å². The minimum atomic E-state index is -0.604. The average Bonchev–Trinajstić information content (AvgIpc) is 3.28. The molecule has 0 spiro atoms. The summed E-state index contributed by atoms with van der Waals surface area (Å²) >= 11 is 5.99. The highest BCUT2D eigenvalue weighted by Crippen LogP contribution is 2.26. The summed E-state index contributed by atoms with van der Waals surface area (Å²) in [7, 11) is 0. The molecule has 2 heterocycles. The predicted molar refractivity (Wildman–Crippen MR) is 97.9 cm³/mol. The highest BCUT2D eigenvalue weighted by molar-refractivity contribution is 6.30. The predicted octanol–water partition coefficient (Wildman–Crippen LogP) is 2.10. The average molecular weight is 370 g/mol. The molecule has 2 atom stereocenters. The van der Waals surface area contributed by atoms with Gasteiger partial charge in [0.05, 0.1) is 17.8 Å². The van der Waals surface area contributed by atoms with Gasteiger partial charge in [0, 0.05) is 17.0 Å². The second-order valence-corrected chi connectivity index (χ2v) is 6.55. The summed E-state index contributed by atoms with van der Waals surface area (Å²) in [5.41, 5.74) is 2.67. The number of amides is 3. The fourth-order valence-corrected chi connectivity index (χ4v) is 3.13. The van der Waals surface area contributed by atoms with Gasteiger partial charge >= 0.3 is 6.03 Å². The zero-order valence-electron chi connectivity index (χ0n) is 13.6. The maximum atomic E-state index is 12.6. The topological polar surface area (TPSA) is 98.9 Å². The molecule has 132 valence electrons. The third kappa shape index (κ3) is 3.21. The van der Waals surface area contributed by atoms with Gasteiger partial charge in [-0.05, 0) is 29.3 Å². The molecular weight excluding hydrogens is 354 g/mol. The Bertz CT molecular complexity index is 969. The molecule has 1 fully saturated rings. The fraction of sp³-hybridized carbons (Fsp3) is 0.167. The third-order valence-electron chi connectivity index (χ3n) is 4.38. The first-order chi connectivity index (χ1) is 12.6. The lowest BCUT2D eigenvalue weighted by atomic mass is 9.97. The molecular formula is C18H16ClN5O2. The van der Waals surface area contributed by atoms with Crippen molar-refractivity contribution >= 4 is 34.4 Å². The normalized spacial score (nSPS) is 17.6. The molecule has 1 aliphatic rings. The van der Waals surface area contributed by atoms with Gasteiger partial charge in [-0.3, -0.25) is 9.89 Å². The molecule has 0 aliphatic carbocycles. The van der Waals surface area contributed by atoms with Crippen LogP contribution in [0.3, 0.4) is 0 Å². The second kappa shape index (κ2) is 6.68. The van der Waals surface area contributed by atoms with Gasteiger partial charge in [0.1, 0.15) is 6.04 Å². The lowest BCUT2D eigenvalue weighted by Gasteiger charge is -2.22.